The largest absolute Gasteiger partial charge is 0.368 e. The molecule has 1 aliphatic carbocycles. The average molecular weight is 205 g/mol. The molecule has 0 bridgehead atoms. The number of anilines is 1. The summed E-state index contributed by atoms with van der Waals surface area (Å²) in [6, 6.07) is 6.61. The first-order chi connectivity index (χ1) is 7.27. The van der Waals surface area contributed by atoms with Gasteiger partial charge in [0.2, 0.25) is 0 Å². The summed E-state index contributed by atoms with van der Waals surface area (Å²) in [4.78, 5) is 6.57. The lowest BCUT2D eigenvalue weighted by Crippen LogP contribution is -2.36. The van der Waals surface area contributed by atoms with Crippen molar-refractivity contribution < 1.29 is 0 Å². The van der Waals surface area contributed by atoms with Crippen molar-refractivity contribution >= 4 is 5.82 Å². The molecule has 1 saturated carbocycles. The Hall–Kier alpha value is -1.09. The van der Waals surface area contributed by atoms with Gasteiger partial charge in [-0.1, -0.05) is 6.07 Å². The van der Waals surface area contributed by atoms with Crippen molar-refractivity contribution in [2.75, 3.05) is 26.0 Å². The zero-order chi connectivity index (χ0) is 10.7. The maximum atomic E-state index is 4.26. The summed E-state index contributed by atoms with van der Waals surface area (Å²) in [5.41, 5.74) is 0. The van der Waals surface area contributed by atoms with Crippen LogP contribution < -0.4 is 5.32 Å². The third-order valence-electron chi connectivity index (χ3n) is 2.99. The van der Waals surface area contributed by atoms with Gasteiger partial charge in [0.15, 0.2) is 0 Å². The zero-order valence-electron chi connectivity index (χ0n) is 9.48. The molecule has 0 aromatic carbocycles. The molecule has 3 heteroatoms. The Morgan fingerprint density at radius 3 is 2.80 bits per heavy atom. The van der Waals surface area contributed by atoms with E-state index in [4.69, 9.17) is 0 Å². The molecule has 1 atom stereocenters. The van der Waals surface area contributed by atoms with Crippen LogP contribution in [0.5, 0.6) is 0 Å². The number of likely N-dealkylation sites (N-methyl/N-ethyl adjacent to an activating group) is 1. The molecule has 0 radical (unpaired) electrons. The van der Waals surface area contributed by atoms with Crippen LogP contribution in [-0.4, -0.2) is 36.6 Å². The Morgan fingerprint density at radius 2 is 2.27 bits per heavy atom. The van der Waals surface area contributed by atoms with Crippen molar-refractivity contribution in [3.05, 3.63) is 24.4 Å². The van der Waals surface area contributed by atoms with Gasteiger partial charge >= 0.3 is 0 Å². The Labute approximate surface area is 91.5 Å². The first kappa shape index (κ1) is 10.4. The SMILES string of the molecule is CN(C)[C@@H](CNc1ccccn1)C1CC1. The van der Waals surface area contributed by atoms with Crippen molar-refractivity contribution in [3.63, 3.8) is 0 Å². The number of hydrogen-bond acceptors (Lipinski definition) is 3. The number of hydrogen-bond donors (Lipinski definition) is 1. The molecule has 1 aromatic heterocycles. The molecule has 1 N–H and O–H groups in total. The van der Waals surface area contributed by atoms with Crippen LogP contribution in [0.4, 0.5) is 5.82 Å². The standard InChI is InChI=1S/C12H19N3/c1-15(2)11(10-6-7-10)9-14-12-5-3-4-8-13-12/h3-5,8,10-11H,6-7,9H2,1-2H3,(H,13,14)/t11-/m0/s1. The molecule has 2 rings (SSSR count). The van der Waals surface area contributed by atoms with Gasteiger partial charge in [0.05, 0.1) is 0 Å². The predicted octanol–water partition coefficient (Wildman–Crippen LogP) is 1.83. The Kier molecular flexibility index (Phi) is 3.21. The molecule has 82 valence electrons. The summed E-state index contributed by atoms with van der Waals surface area (Å²) in [5.74, 6) is 1.86. The third-order valence-corrected chi connectivity index (χ3v) is 2.99. The summed E-state index contributed by atoms with van der Waals surface area (Å²) < 4.78 is 0. The van der Waals surface area contributed by atoms with Crippen LogP contribution in [-0.2, 0) is 0 Å². The van der Waals surface area contributed by atoms with Crippen LogP contribution in [0.1, 0.15) is 12.8 Å². The molecule has 0 spiro atoms. The Bertz CT molecular complexity index is 291. The lowest BCUT2D eigenvalue weighted by atomic mass is 10.1. The van der Waals surface area contributed by atoms with Crippen molar-refractivity contribution in [2.45, 2.75) is 18.9 Å². The molecule has 0 saturated heterocycles. The number of rotatable bonds is 5. The summed E-state index contributed by atoms with van der Waals surface area (Å²) in [6.07, 6.45) is 4.59. The fraction of sp³-hybridized carbons (Fsp3) is 0.583. The average Bonchev–Trinajstić information content (AvgIpc) is 3.03. The van der Waals surface area contributed by atoms with Gasteiger partial charge in [0.25, 0.3) is 0 Å². The van der Waals surface area contributed by atoms with Crippen molar-refractivity contribution in [1.82, 2.24) is 9.88 Å². The molecular formula is C12H19N3. The third kappa shape index (κ3) is 2.93. The fourth-order valence-corrected chi connectivity index (χ4v) is 1.93. The van der Waals surface area contributed by atoms with Crippen LogP contribution in [0.25, 0.3) is 0 Å². The normalized spacial score (nSPS) is 17.8. The highest BCUT2D eigenvalue weighted by Gasteiger charge is 2.32. The van der Waals surface area contributed by atoms with E-state index in [9.17, 15) is 0 Å². The smallest absolute Gasteiger partial charge is 0.125 e. The Balaban J connectivity index is 1.85. The van der Waals surface area contributed by atoms with Gasteiger partial charge in [-0.2, -0.15) is 0 Å². The van der Waals surface area contributed by atoms with Gasteiger partial charge in [-0.15, -0.1) is 0 Å². The lowest BCUT2D eigenvalue weighted by molar-refractivity contribution is 0.276. The molecule has 3 nitrogen and oxygen atoms in total. The minimum absolute atomic E-state index is 0.645. The van der Waals surface area contributed by atoms with E-state index >= 15 is 0 Å². The number of aromatic nitrogens is 1. The van der Waals surface area contributed by atoms with Gasteiger partial charge in [-0.25, -0.2) is 4.98 Å². The minimum Gasteiger partial charge on any atom is -0.368 e. The van der Waals surface area contributed by atoms with Crippen LogP contribution in [0.2, 0.25) is 0 Å². The topological polar surface area (TPSA) is 28.2 Å². The molecule has 1 heterocycles. The second-order valence-corrected chi connectivity index (χ2v) is 4.46. The second-order valence-electron chi connectivity index (χ2n) is 4.46. The highest BCUT2D eigenvalue weighted by atomic mass is 15.1. The van der Waals surface area contributed by atoms with E-state index in [1.807, 2.05) is 24.4 Å². The highest BCUT2D eigenvalue weighted by Crippen LogP contribution is 2.34. The van der Waals surface area contributed by atoms with E-state index in [1.165, 1.54) is 12.8 Å². The number of nitrogens with one attached hydrogen (secondary N) is 1. The van der Waals surface area contributed by atoms with E-state index in [0.717, 1.165) is 18.3 Å². The first-order valence-corrected chi connectivity index (χ1v) is 5.58. The molecule has 1 aromatic rings. The molecular weight excluding hydrogens is 186 g/mol. The number of nitrogens with zero attached hydrogens (tertiary/aromatic N) is 2. The van der Waals surface area contributed by atoms with Crippen LogP contribution >= 0.6 is 0 Å². The second kappa shape index (κ2) is 4.62. The summed E-state index contributed by atoms with van der Waals surface area (Å²) >= 11 is 0. The summed E-state index contributed by atoms with van der Waals surface area (Å²) in [7, 11) is 4.31. The highest BCUT2D eigenvalue weighted by molar-refractivity contribution is 5.33. The van der Waals surface area contributed by atoms with Crippen molar-refractivity contribution in [1.29, 1.82) is 0 Å². The van der Waals surface area contributed by atoms with E-state index in [1.54, 1.807) is 0 Å². The van der Waals surface area contributed by atoms with Crippen LogP contribution in [0.15, 0.2) is 24.4 Å². The molecule has 0 aliphatic heterocycles. The first-order valence-electron chi connectivity index (χ1n) is 5.58. The van der Waals surface area contributed by atoms with Crippen molar-refractivity contribution in [2.24, 2.45) is 5.92 Å². The van der Waals surface area contributed by atoms with Gasteiger partial charge in [-0.3, -0.25) is 0 Å². The van der Waals surface area contributed by atoms with E-state index < -0.39 is 0 Å². The fourth-order valence-electron chi connectivity index (χ4n) is 1.93. The monoisotopic (exact) mass is 205 g/mol. The van der Waals surface area contributed by atoms with Gasteiger partial charge in [-0.05, 0) is 45.0 Å². The summed E-state index contributed by atoms with van der Waals surface area (Å²) in [6.45, 7) is 0.995. The van der Waals surface area contributed by atoms with E-state index in [-0.39, 0.29) is 0 Å². The van der Waals surface area contributed by atoms with Crippen LogP contribution in [0, 0.1) is 5.92 Å². The zero-order valence-corrected chi connectivity index (χ0v) is 9.48. The molecule has 1 fully saturated rings. The van der Waals surface area contributed by atoms with Crippen molar-refractivity contribution in [3.8, 4) is 0 Å². The van der Waals surface area contributed by atoms with Gasteiger partial charge in [0.1, 0.15) is 5.82 Å². The molecule has 0 amide bonds. The molecule has 1 aliphatic rings. The lowest BCUT2D eigenvalue weighted by Gasteiger charge is -2.24. The van der Waals surface area contributed by atoms with E-state index in [0.29, 0.717) is 6.04 Å². The van der Waals surface area contributed by atoms with Crippen LogP contribution in [0.3, 0.4) is 0 Å². The van der Waals surface area contributed by atoms with Gasteiger partial charge in [0, 0.05) is 18.8 Å². The Morgan fingerprint density at radius 1 is 1.47 bits per heavy atom. The predicted molar refractivity (Wildman–Crippen MR) is 62.9 cm³/mol. The molecule has 15 heavy (non-hydrogen) atoms. The number of pyridine rings is 1. The summed E-state index contributed by atoms with van der Waals surface area (Å²) in [5, 5.41) is 3.39. The minimum atomic E-state index is 0.645. The maximum absolute atomic E-state index is 4.26. The maximum Gasteiger partial charge on any atom is 0.125 e. The quantitative estimate of drug-likeness (QED) is 0.795. The molecule has 0 unspecified atom stereocenters. The van der Waals surface area contributed by atoms with Gasteiger partial charge < -0.3 is 10.2 Å². The van der Waals surface area contributed by atoms with E-state index in [2.05, 4.69) is 29.3 Å².